The number of unbranched alkanes of at least 4 members (excludes halogenated alkanes) is 3. The summed E-state index contributed by atoms with van der Waals surface area (Å²) in [6.45, 7) is 11.6. The summed E-state index contributed by atoms with van der Waals surface area (Å²) in [6, 6.07) is 1.31. The lowest BCUT2D eigenvalue weighted by Gasteiger charge is -2.22. The Morgan fingerprint density at radius 1 is 1.21 bits per heavy atom. The third-order valence-electron chi connectivity index (χ3n) is 2.43. The first-order valence-electron chi connectivity index (χ1n) is 5.87. The van der Waals surface area contributed by atoms with E-state index in [4.69, 9.17) is 4.43 Å². The van der Waals surface area contributed by atoms with Crippen LogP contribution >= 0.6 is 0 Å². The molecular formula is C12H26OSi. The van der Waals surface area contributed by atoms with Gasteiger partial charge in [0.15, 0.2) is 8.32 Å². The number of rotatable bonds is 9. The number of hydrogen-bond donors (Lipinski definition) is 0. The van der Waals surface area contributed by atoms with Gasteiger partial charge in [-0.05, 0) is 38.4 Å². The highest BCUT2D eigenvalue weighted by Crippen LogP contribution is 2.15. The molecule has 0 aliphatic carbocycles. The van der Waals surface area contributed by atoms with Crippen LogP contribution in [-0.4, -0.2) is 14.9 Å². The van der Waals surface area contributed by atoms with Crippen LogP contribution in [0.2, 0.25) is 19.1 Å². The molecule has 0 aromatic rings. The Morgan fingerprint density at radius 2 is 1.93 bits per heavy atom. The van der Waals surface area contributed by atoms with E-state index in [1.807, 2.05) is 6.08 Å². The summed E-state index contributed by atoms with van der Waals surface area (Å²) < 4.78 is 5.98. The molecule has 1 nitrogen and oxygen atoms in total. The summed E-state index contributed by atoms with van der Waals surface area (Å²) in [5.74, 6) is 0. The fourth-order valence-electron chi connectivity index (χ4n) is 1.41. The van der Waals surface area contributed by atoms with Crippen molar-refractivity contribution in [1.29, 1.82) is 0 Å². The lowest BCUT2D eigenvalue weighted by atomic mass is 10.2. The van der Waals surface area contributed by atoms with Gasteiger partial charge in [-0.1, -0.05) is 25.8 Å². The van der Waals surface area contributed by atoms with E-state index in [0.717, 1.165) is 13.0 Å². The molecule has 0 atom stereocenters. The first-order chi connectivity index (χ1) is 6.62. The molecule has 0 amide bonds. The van der Waals surface area contributed by atoms with Gasteiger partial charge in [-0.3, -0.25) is 0 Å². The molecule has 0 fully saturated rings. The van der Waals surface area contributed by atoms with Crippen LogP contribution in [0.15, 0.2) is 12.7 Å². The topological polar surface area (TPSA) is 9.23 Å². The largest absolute Gasteiger partial charge is 0.417 e. The van der Waals surface area contributed by atoms with E-state index >= 15 is 0 Å². The van der Waals surface area contributed by atoms with Crippen molar-refractivity contribution in [2.75, 3.05) is 6.61 Å². The fraction of sp³-hybridized carbons (Fsp3) is 0.833. The number of hydrogen-bond acceptors (Lipinski definition) is 1. The monoisotopic (exact) mass is 214 g/mol. The zero-order chi connectivity index (χ0) is 10.9. The molecule has 0 saturated carbocycles. The maximum absolute atomic E-state index is 5.98. The molecule has 0 aromatic carbocycles. The van der Waals surface area contributed by atoms with Crippen molar-refractivity contribution in [3.63, 3.8) is 0 Å². The first-order valence-corrected chi connectivity index (χ1v) is 8.99. The second kappa shape index (κ2) is 8.24. The van der Waals surface area contributed by atoms with E-state index in [9.17, 15) is 0 Å². The van der Waals surface area contributed by atoms with Crippen LogP contribution < -0.4 is 0 Å². The lowest BCUT2D eigenvalue weighted by Crippen LogP contribution is -2.30. The van der Waals surface area contributed by atoms with Crippen LogP contribution in [-0.2, 0) is 4.43 Å². The van der Waals surface area contributed by atoms with Crippen LogP contribution in [0.1, 0.15) is 39.0 Å². The molecule has 0 aromatic heterocycles. The summed E-state index contributed by atoms with van der Waals surface area (Å²) in [5, 5.41) is 0. The van der Waals surface area contributed by atoms with Crippen molar-refractivity contribution < 1.29 is 4.43 Å². The molecular weight excluding hydrogens is 188 g/mol. The van der Waals surface area contributed by atoms with Crippen molar-refractivity contribution in [3.8, 4) is 0 Å². The van der Waals surface area contributed by atoms with Gasteiger partial charge in [0.05, 0.1) is 0 Å². The van der Waals surface area contributed by atoms with Crippen LogP contribution in [0.4, 0.5) is 0 Å². The highest BCUT2D eigenvalue weighted by atomic mass is 28.4. The van der Waals surface area contributed by atoms with Crippen molar-refractivity contribution in [2.24, 2.45) is 0 Å². The Bertz CT molecular complexity index is 143. The summed E-state index contributed by atoms with van der Waals surface area (Å²) in [4.78, 5) is 0. The van der Waals surface area contributed by atoms with Gasteiger partial charge in [0.25, 0.3) is 0 Å². The molecule has 0 unspecified atom stereocenters. The summed E-state index contributed by atoms with van der Waals surface area (Å²) in [7, 11) is -1.31. The van der Waals surface area contributed by atoms with Gasteiger partial charge in [-0.2, -0.15) is 0 Å². The van der Waals surface area contributed by atoms with E-state index in [1.165, 1.54) is 31.7 Å². The summed E-state index contributed by atoms with van der Waals surface area (Å²) >= 11 is 0. The van der Waals surface area contributed by atoms with Gasteiger partial charge >= 0.3 is 0 Å². The highest BCUT2D eigenvalue weighted by molar-refractivity contribution is 6.71. The van der Waals surface area contributed by atoms with Crippen molar-refractivity contribution in [2.45, 2.75) is 58.2 Å². The minimum absolute atomic E-state index is 0.955. The van der Waals surface area contributed by atoms with Gasteiger partial charge in [0.1, 0.15) is 0 Å². The normalized spacial score (nSPS) is 11.6. The average Bonchev–Trinajstić information content (AvgIpc) is 2.15. The Labute approximate surface area is 90.7 Å². The Hall–Kier alpha value is -0.0831. The minimum atomic E-state index is -1.31. The van der Waals surface area contributed by atoms with Crippen LogP contribution in [0.5, 0.6) is 0 Å². The van der Waals surface area contributed by atoms with Crippen LogP contribution in [0, 0.1) is 0 Å². The van der Waals surface area contributed by atoms with Crippen LogP contribution in [0.3, 0.4) is 0 Å². The molecule has 14 heavy (non-hydrogen) atoms. The van der Waals surface area contributed by atoms with Gasteiger partial charge in [-0.15, -0.1) is 6.58 Å². The van der Waals surface area contributed by atoms with Crippen molar-refractivity contribution in [1.82, 2.24) is 0 Å². The van der Waals surface area contributed by atoms with Crippen molar-refractivity contribution >= 4 is 8.32 Å². The molecule has 0 saturated heterocycles. The Kier molecular flexibility index (Phi) is 8.19. The minimum Gasteiger partial charge on any atom is -0.417 e. The van der Waals surface area contributed by atoms with Crippen molar-refractivity contribution in [3.05, 3.63) is 12.7 Å². The maximum atomic E-state index is 5.98. The average molecular weight is 214 g/mol. The molecule has 0 radical (unpaired) electrons. The maximum Gasteiger partial charge on any atom is 0.186 e. The third kappa shape index (κ3) is 8.51. The highest BCUT2D eigenvalue weighted by Gasteiger charge is 2.20. The predicted octanol–water partition coefficient (Wildman–Crippen LogP) is 4.36. The predicted molar refractivity (Wildman–Crippen MR) is 67.2 cm³/mol. The molecule has 0 bridgehead atoms. The zero-order valence-electron chi connectivity index (χ0n) is 10.1. The Balaban J connectivity index is 3.39. The Morgan fingerprint density at radius 3 is 2.50 bits per heavy atom. The van der Waals surface area contributed by atoms with E-state index in [0.29, 0.717) is 0 Å². The third-order valence-corrected chi connectivity index (χ3v) is 4.97. The SMILES string of the molecule is C=CCCCCO[Si](C)(C)CCCC. The van der Waals surface area contributed by atoms with E-state index in [2.05, 4.69) is 26.6 Å². The van der Waals surface area contributed by atoms with Crippen LogP contribution in [0.25, 0.3) is 0 Å². The smallest absolute Gasteiger partial charge is 0.186 e. The van der Waals surface area contributed by atoms with Gasteiger partial charge in [0.2, 0.25) is 0 Å². The first kappa shape index (κ1) is 13.9. The molecule has 0 spiro atoms. The molecule has 0 rings (SSSR count). The molecule has 2 heteroatoms. The van der Waals surface area contributed by atoms with E-state index in [1.54, 1.807) is 0 Å². The second-order valence-corrected chi connectivity index (χ2v) is 8.80. The number of allylic oxidation sites excluding steroid dienone is 1. The second-order valence-electron chi connectivity index (χ2n) is 4.50. The molecule has 84 valence electrons. The molecule has 0 aliphatic rings. The van der Waals surface area contributed by atoms with Gasteiger partial charge in [0, 0.05) is 6.61 Å². The summed E-state index contributed by atoms with van der Waals surface area (Å²) in [5.41, 5.74) is 0. The van der Waals surface area contributed by atoms with Gasteiger partial charge < -0.3 is 4.43 Å². The van der Waals surface area contributed by atoms with E-state index in [-0.39, 0.29) is 0 Å². The standard InChI is InChI=1S/C12H26OSi/c1-5-7-9-10-11-13-14(3,4)12-8-6-2/h5H,1,6-12H2,2-4H3. The van der Waals surface area contributed by atoms with Gasteiger partial charge in [-0.25, -0.2) is 0 Å². The molecule has 0 aliphatic heterocycles. The summed E-state index contributed by atoms with van der Waals surface area (Å²) in [6.07, 6.45) is 8.14. The lowest BCUT2D eigenvalue weighted by molar-refractivity contribution is 0.296. The molecule has 0 heterocycles. The zero-order valence-corrected chi connectivity index (χ0v) is 11.1. The quantitative estimate of drug-likeness (QED) is 0.315. The van der Waals surface area contributed by atoms with E-state index < -0.39 is 8.32 Å². The molecule has 0 N–H and O–H groups in total. The fourth-order valence-corrected chi connectivity index (χ4v) is 3.46.